The van der Waals surface area contributed by atoms with Crippen molar-refractivity contribution in [3.8, 4) is 0 Å². The van der Waals surface area contributed by atoms with Crippen molar-refractivity contribution in [2.45, 2.75) is 39.7 Å². The highest BCUT2D eigenvalue weighted by Gasteiger charge is 2.32. The first-order valence-corrected chi connectivity index (χ1v) is 7.84. The van der Waals surface area contributed by atoms with Crippen molar-refractivity contribution in [1.29, 1.82) is 0 Å². The number of hydrogen-bond donors (Lipinski definition) is 2. The maximum atomic E-state index is 11.9. The van der Waals surface area contributed by atoms with Crippen molar-refractivity contribution in [2.24, 2.45) is 5.73 Å². The van der Waals surface area contributed by atoms with E-state index in [1.807, 2.05) is 19.1 Å². The number of nitrogens with zero attached hydrogens (tertiary/aromatic N) is 1. The fraction of sp³-hybridized carbons (Fsp3) is 0.588. The van der Waals surface area contributed by atoms with Crippen LogP contribution in [0.3, 0.4) is 0 Å². The Morgan fingerprint density at radius 3 is 2.19 bits per heavy atom. The first kappa shape index (κ1) is 17.7. The normalized spacial score (nSPS) is 14.1. The number of amides is 1. The Bertz CT molecular complexity index is 440. The largest absolute Gasteiger partial charge is 0.368 e. The Balaban J connectivity index is 2.79. The summed E-state index contributed by atoms with van der Waals surface area (Å²) in [7, 11) is 0. The van der Waals surface area contributed by atoms with Gasteiger partial charge in [0.25, 0.3) is 0 Å². The lowest BCUT2D eigenvalue weighted by Crippen LogP contribution is -2.52. The van der Waals surface area contributed by atoms with Crippen LogP contribution in [-0.4, -0.2) is 37.0 Å². The van der Waals surface area contributed by atoms with Gasteiger partial charge in [-0.2, -0.15) is 0 Å². The summed E-state index contributed by atoms with van der Waals surface area (Å²) in [4.78, 5) is 14.3. The Morgan fingerprint density at radius 2 is 1.76 bits per heavy atom. The van der Waals surface area contributed by atoms with Crippen molar-refractivity contribution >= 4 is 5.91 Å². The van der Waals surface area contributed by atoms with Gasteiger partial charge in [-0.15, -0.1) is 0 Å². The van der Waals surface area contributed by atoms with Crippen LogP contribution >= 0.6 is 0 Å². The fourth-order valence-electron chi connectivity index (χ4n) is 2.41. The van der Waals surface area contributed by atoms with Crippen molar-refractivity contribution in [3.63, 3.8) is 0 Å². The van der Waals surface area contributed by atoms with Gasteiger partial charge >= 0.3 is 0 Å². The number of aryl methyl sites for hydroxylation is 1. The number of nitrogens with two attached hydrogens (primary N) is 1. The molecule has 0 aliphatic heterocycles. The second-order valence-corrected chi connectivity index (χ2v) is 5.49. The lowest BCUT2D eigenvalue weighted by Gasteiger charge is -2.30. The van der Waals surface area contributed by atoms with Crippen LogP contribution in [-0.2, 0) is 16.8 Å². The molecule has 21 heavy (non-hydrogen) atoms. The Kier molecular flexibility index (Phi) is 6.85. The minimum atomic E-state index is -0.820. The van der Waals surface area contributed by atoms with Gasteiger partial charge in [-0.05, 0) is 37.6 Å². The summed E-state index contributed by atoms with van der Waals surface area (Å²) in [5.74, 6) is -0.341. The molecule has 0 radical (unpaired) electrons. The molecule has 4 heteroatoms. The molecule has 118 valence electrons. The van der Waals surface area contributed by atoms with Crippen LogP contribution in [0, 0.1) is 0 Å². The molecule has 0 aliphatic carbocycles. The Morgan fingerprint density at radius 1 is 1.19 bits per heavy atom. The second kappa shape index (κ2) is 8.15. The van der Waals surface area contributed by atoms with Crippen LogP contribution in [0.15, 0.2) is 24.3 Å². The lowest BCUT2D eigenvalue weighted by atomic mass is 9.90. The molecule has 0 heterocycles. The van der Waals surface area contributed by atoms with E-state index in [9.17, 15) is 4.79 Å². The molecule has 0 fully saturated rings. The number of benzene rings is 1. The highest BCUT2D eigenvalue weighted by Crippen LogP contribution is 2.21. The van der Waals surface area contributed by atoms with Gasteiger partial charge < -0.3 is 10.6 Å². The van der Waals surface area contributed by atoms with E-state index < -0.39 is 5.54 Å². The summed E-state index contributed by atoms with van der Waals surface area (Å²) in [6.07, 6.45) is 0.989. The predicted octanol–water partition coefficient (Wildman–Crippen LogP) is 1.88. The molecule has 1 unspecified atom stereocenters. The summed E-state index contributed by atoms with van der Waals surface area (Å²) in [6.45, 7) is 11.9. The zero-order valence-electron chi connectivity index (χ0n) is 13.8. The van der Waals surface area contributed by atoms with Crippen LogP contribution < -0.4 is 11.1 Å². The van der Waals surface area contributed by atoms with Gasteiger partial charge in [0.15, 0.2) is 0 Å². The molecule has 3 N–H and O–H groups in total. The SMILES string of the molecule is CCc1ccc(C(C)(NCCN(CC)CC)C(N)=O)cc1. The zero-order valence-corrected chi connectivity index (χ0v) is 13.8. The number of nitrogens with one attached hydrogen (secondary N) is 1. The Labute approximate surface area is 128 Å². The van der Waals surface area contributed by atoms with Crippen LogP contribution in [0.5, 0.6) is 0 Å². The molecule has 0 spiro atoms. The summed E-state index contributed by atoms with van der Waals surface area (Å²) < 4.78 is 0. The zero-order chi connectivity index (χ0) is 15.9. The van der Waals surface area contributed by atoms with Gasteiger partial charge in [0.1, 0.15) is 5.54 Å². The number of carbonyl (C=O) groups is 1. The topological polar surface area (TPSA) is 58.4 Å². The van der Waals surface area contributed by atoms with E-state index in [4.69, 9.17) is 5.73 Å². The number of primary amides is 1. The highest BCUT2D eigenvalue weighted by atomic mass is 16.1. The smallest absolute Gasteiger partial charge is 0.242 e. The van der Waals surface area contributed by atoms with Gasteiger partial charge in [-0.3, -0.25) is 10.1 Å². The number of carbonyl (C=O) groups excluding carboxylic acids is 1. The minimum Gasteiger partial charge on any atom is -0.368 e. The number of rotatable bonds is 9. The van der Waals surface area contributed by atoms with Crippen LogP contribution in [0.1, 0.15) is 38.8 Å². The number of hydrogen-bond acceptors (Lipinski definition) is 3. The molecule has 1 atom stereocenters. The summed E-state index contributed by atoms with van der Waals surface area (Å²) in [5.41, 5.74) is 7.00. The molecule has 1 aromatic carbocycles. The van der Waals surface area contributed by atoms with E-state index in [-0.39, 0.29) is 5.91 Å². The standard InChI is InChI=1S/C17H29N3O/c1-5-14-8-10-15(11-9-14)17(4,16(18)21)19-12-13-20(6-2)7-3/h8-11,19H,5-7,12-13H2,1-4H3,(H2,18,21). The van der Waals surface area contributed by atoms with E-state index in [1.54, 1.807) is 0 Å². The van der Waals surface area contributed by atoms with Gasteiger partial charge in [0.05, 0.1) is 0 Å². The van der Waals surface area contributed by atoms with Gasteiger partial charge in [-0.1, -0.05) is 45.0 Å². The first-order chi connectivity index (χ1) is 9.97. The summed E-state index contributed by atoms with van der Waals surface area (Å²) >= 11 is 0. The molecule has 0 bridgehead atoms. The Hall–Kier alpha value is -1.39. The predicted molar refractivity (Wildman–Crippen MR) is 88.2 cm³/mol. The molecule has 1 amide bonds. The summed E-state index contributed by atoms with van der Waals surface area (Å²) in [5, 5.41) is 3.33. The van der Waals surface area contributed by atoms with Crippen molar-refractivity contribution in [1.82, 2.24) is 10.2 Å². The van der Waals surface area contributed by atoms with E-state index in [1.165, 1.54) is 5.56 Å². The third-order valence-corrected chi connectivity index (χ3v) is 4.23. The molecule has 0 aliphatic rings. The van der Waals surface area contributed by atoms with Crippen molar-refractivity contribution in [2.75, 3.05) is 26.2 Å². The molecule has 0 aromatic heterocycles. The van der Waals surface area contributed by atoms with E-state index in [0.717, 1.165) is 38.2 Å². The quantitative estimate of drug-likeness (QED) is 0.730. The van der Waals surface area contributed by atoms with Gasteiger partial charge in [0, 0.05) is 13.1 Å². The van der Waals surface area contributed by atoms with E-state index in [0.29, 0.717) is 0 Å². The fourth-order valence-corrected chi connectivity index (χ4v) is 2.41. The molecule has 4 nitrogen and oxygen atoms in total. The third-order valence-electron chi connectivity index (χ3n) is 4.23. The van der Waals surface area contributed by atoms with Crippen LogP contribution in [0.4, 0.5) is 0 Å². The molecular weight excluding hydrogens is 262 g/mol. The maximum absolute atomic E-state index is 11.9. The molecule has 1 rings (SSSR count). The third kappa shape index (κ3) is 4.55. The van der Waals surface area contributed by atoms with Crippen LogP contribution in [0.25, 0.3) is 0 Å². The van der Waals surface area contributed by atoms with Gasteiger partial charge in [0.2, 0.25) is 5.91 Å². The maximum Gasteiger partial charge on any atom is 0.242 e. The molecule has 1 aromatic rings. The average Bonchev–Trinajstić information content (AvgIpc) is 2.51. The van der Waals surface area contributed by atoms with Crippen molar-refractivity contribution in [3.05, 3.63) is 35.4 Å². The molecular formula is C17H29N3O. The van der Waals surface area contributed by atoms with Gasteiger partial charge in [-0.25, -0.2) is 0 Å². The van der Waals surface area contributed by atoms with Crippen LogP contribution in [0.2, 0.25) is 0 Å². The first-order valence-electron chi connectivity index (χ1n) is 7.84. The number of likely N-dealkylation sites (N-methyl/N-ethyl adjacent to an activating group) is 1. The monoisotopic (exact) mass is 291 g/mol. The summed E-state index contributed by atoms with van der Waals surface area (Å²) in [6, 6.07) is 8.10. The second-order valence-electron chi connectivity index (χ2n) is 5.49. The minimum absolute atomic E-state index is 0.341. The van der Waals surface area contributed by atoms with Crippen molar-refractivity contribution < 1.29 is 4.79 Å². The molecule has 0 saturated heterocycles. The lowest BCUT2D eigenvalue weighted by molar-refractivity contribution is -0.124. The highest BCUT2D eigenvalue weighted by molar-refractivity contribution is 5.85. The molecule has 0 saturated carbocycles. The average molecular weight is 291 g/mol. The van der Waals surface area contributed by atoms with E-state index >= 15 is 0 Å². The van der Waals surface area contributed by atoms with E-state index in [2.05, 4.69) is 43.1 Å².